The number of ether oxygens (including phenoxy) is 2. The largest absolute Gasteiger partial charge is 0.444 e. The summed E-state index contributed by atoms with van der Waals surface area (Å²) in [7, 11) is 0. The SMILES string of the molecule is CC(C)(C)OC(=O)N[C@H](Cc1cn(C(=O)OC(C)(C)C)c2ccccc12)C(=O)Nc1ccc(N=Nc2ccccc2)c(N)n1. The fraction of sp³-hybridized carbons (Fsp3) is 0.312. The molecule has 12 nitrogen and oxygen atoms in total. The summed E-state index contributed by atoms with van der Waals surface area (Å²) in [5, 5.41) is 14.4. The number of hydrogen-bond donors (Lipinski definition) is 3. The first-order valence-electron chi connectivity index (χ1n) is 14.0. The highest BCUT2D eigenvalue weighted by atomic mass is 16.6. The Morgan fingerprint density at radius 2 is 1.55 bits per heavy atom. The van der Waals surface area contributed by atoms with Crippen LogP contribution in [0, 0.1) is 0 Å². The second-order valence-electron chi connectivity index (χ2n) is 12.1. The number of nitrogens with zero attached hydrogens (tertiary/aromatic N) is 4. The minimum atomic E-state index is -1.11. The Labute approximate surface area is 255 Å². The number of carbonyl (C=O) groups is 3. The number of para-hydroxylation sites is 1. The number of anilines is 2. The molecule has 0 bridgehead atoms. The number of azo groups is 1. The number of pyridine rings is 1. The molecule has 4 N–H and O–H groups in total. The average Bonchev–Trinajstić information content (AvgIpc) is 3.29. The van der Waals surface area contributed by atoms with Gasteiger partial charge in [0.05, 0.1) is 11.2 Å². The molecule has 2 aromatic carbocycles. The quantitative estimate of drug-likeness (QED) is 0.195. The summed E-state index contributed by atoms with van der Waals surface area (Å²) >= 11 is 0. The number of nitrogens with two attached hydrogens (primary N) is 1. The highest BCUT2D eigenvalue weighted by Crippen LogP contribution is 2.26. The number of rotatable bonds is 7. The third-order valence-corrected chi connectivity index (χ3v) is 6.00. The van der Waals surface area contributed by atoms with Crippen LogP contribution in [0.25, 0.3) is 10.9 Å². The summed E-state index contributed by atoms with van der Waals surface area (Å²) < 4.78 is 12.4. The molecule has 2 heterocycles. The van der Waals surface area contributed by atoms with Crippen LogP contribution in [0.4, 0.5) is 32.6 Å². The van der Waals surface area contributed by atoms with Gasteiger partial charge < -0.3 is 25.8 Å². The zero-order chi connectivity index (χ0) is 32.1. The number of nitrogens with one attached hydrogen (secondary N) is 2. The number of aromatic nitrogens is 2. The maximum Gasteiger partial charge on any atom is 0.419 e. The van der Waals surface area contributed by atoms with E-state index in [1.54, 1.807) is 78.1 Å². The second kappa shape index (κ2) is 12.9. The van der Waals surface area contributed by atoms with E-state index in [1.807, 2.05) is 30.3 Å². The van der Waals surface area contributed by atoms with Crippen LogP contribution < -0.4 is 16.4 Å². The van der Waals surface area contributed by atoms with Gasteiger partial charge in [0, 0.05) is 18.0 Å². The molecule has 2 amide bonds. The van der Waals surface area contributed by atoms with E-state index in [2.05, 4.69) is 25.8 Å². The molecule has 4 aromatic rings. The fourth-order valence-electron chi connectivity index (χ4n) is 4.20. The first kappa shape index (κ1) is 31.7. The van der Waals surface area contributed by atoms with Gasteiger partial charge in [-0.2, -0.15) is 5.11 Å². The first-order valence-corrected chi connectivity index (χ1v) is 14.0. The van der Waals surface area contributed by atoms with Gasteiger partial charge in [-0.3, -0.25) is 9.36 Å². The van der Waals surface area contributed by atoms with E-state index in [0.29, 0.717) is 22.5 Å². The van der Waals surface area contributed by atoms with Gasteiger partial charge in [-0.15, -0.1) is 5.11 Å². The van der Waals surface area contributed by atoms with E-state index in [0.717, 1.165) is 5.39 Å². The monoisotopic (exact) mass is 599 g/mol. The average molecular weight is 600 g/mol. The number of nitrogen functional groups attached to an aromatic ring is 1. The number of fused-ring (bicyclic) bond motifs is 1. The van der Waals surface area contributed by atoms with Crippen LogP contribution in [0.5, 0.6) is 0 Å². The molecule has 0 radical (unpaired) electrons. The summed E-state index contributed by atoms with van der Waals surface area (Å²) in [6, 6.07) is 18.4. The van der Waals surface area contributed by atoms with Crippen molar-refractivity contribution < 1.29 is 23.9 Å². The Balaban J connectivity index is 1.60. The third-order valence-electron chi connectivity index (χ3n) is 6.00. The maximum absolute atomic E-state index is 13.6. The molecule has 0 spiro atoms. The summed E-state index contributed by atoms with van der Waals surface area (Å²) in [5.41, 5.74) is 6.79. The van der Waals surface area contributed by atoms with Gasteiger partial charge >= 0.3 is 12.2 Å². The first-order chi connectivity index (χ1) is 20.7. The molecular weight excluding hydrogens is 562 g/mol. The summed E-state index contributed by atoms with van der Waals surface area (Å²) in [4.78, 5) is 43.6. The van der Waals surface area contributed by atoms with Crippen molar-refractivity contribution in [2.24, 2.45) is 10.2 Å². The Morgan fingerprint density at radius 1 is 0.886 bits per heavy atom. The summed E-state index contributed by atoms with van der Waals surface area (Å²) in [6.45, 7) is 10.5. The fourth-order valence-corrected chi connectivity index (χ4v) is 4.20. The third kappa shape index (κ3) is 8.63. The lowest BCUT2D eigenvalue weighted by atomic mass is 10.0. The van der Waals surface area contributed by atoms with E-state index in [1.165, 1.54) is 10.6 Å². The number of carbonyl (C=O) groups excluding carboxylic acids is 3. The van der Waals surface area contributed by atoms with Crippen molar-refractivity contribution in [1.29, 1.82) is 0 Å². The molecule has 0 aliphatic heterocycles. The number of hydrogen-bond acceptors (Lipinski definition) is 9. The van der Waals surface area contributed by atoms with E-state index in [9.17, 15) is 14.4 Å². The van der Waals surface area contributed by atoms with Crippen molar-refractivity contribution in [3.05, 3.63) is 78.5 Å². The van der Waals surface area contributed by atoms with Crippen molar-refractivity contribution in [1.82, 2.24) is 14.9 Å². The molecular formula is C32H37N7O5. The second-order valence-corrected chi connectivity index (χ2v) is 12.1. The smallest absolute Gasteiger partial charge is 0.419 e. The van der Waals surface area contributed by atoms with Gasteiger partial charge in [-0.1, -0.05) is 36.4 Å². The zero-order valence-electron chi connectivity index (χ0n) is 25.6. The van der Waals surface area contributed by atoms with Crippen LogP contribution in [-0.2, 0) is 20.7 Å². The molecule has 2 aromatic heterocycles. The molecule has 0 unspecified atom stereocenters. The van der Waals surface area contributed by atoms with Crippen molar-refractivity contribution >= 4 is 52.0 Å². The lowest BCUT2D eigenvalue weighted by Crippen LogP contribution is -2.47. The molecule has 0 aliphatic carbocycles. The predicted octanol–water partition coefficient (Wildman–Crippen LogP) is 6.89. The number of benzene rings is 2. The lowest BCUT2D eigenvalue weighted by Gasteiger charge is -2.23. The zero-order valence-corrected chi connectivity index (χ0v) is 25.6. The van der Waals surface area contributed by atoms with Gasteiger partial charge in [-0.25, -0.2) is 14.6 Å². The minimum Gasteiger partial charge on any atom is -0.444 e. The van der Waals surface area contributed by atoms with Crippen LogP contribution in [0.15, 0.2) is 83.2 Å². The molecule has 0 saturated heterocycles. The summed E-state index contributed by atoms with van der Waals surface area (Å²) in [5.74, 6) is -0.367. The Morgan fingerprint density at radius 3 is 2.20 bits per heavy atom. The number of alkyl carbamates (subject to hydrolysis) is 1. The highest BCUT2D eigenvalue weighted by molar-refractivity contribution is 5.98. The molecule has 44 heavy (non-hydrogen) atoms. The topological polar surface area (TPSA) is 162 Å². The van der Waals surface area contributed by atoms with Gasteiger partial charge in [-0.05, 0) is 77.4 Å². The van der Waals surface area contributed by atoms with Gasteiger partial charge in [0.2, 0.25) is 5.91 Å². The minimum absolute atomic E-state index is 0.0280. The lowest BCUT2D eigenvalue weighted by molar-refractivity contribution is -0.118. The van der Waals surface area contributed by atoms with Crippen LogP contribution in [0.3, 0.4) is 0 Å². The Bertz CT molecular complexity index is 1680. The van der Waals surface area contributed by atoms with E-state index in [-0.39, 0.29) is 18.1 Å². The van der Waals surface area contributed by atoms with Crippen molar-refractivity contribution in [2.75, 3.05) is 11.1 Å². The van der Waals surface area contributed by atoms with Crippen molar-refractivity contribution in [3.63, 3.8) is 0 Å². The van der Waals surface area contributed by atoms with Crippen LogP contribution in [0.1, 0.15) is 47.1 Å². The highest BCUT2D eigenvalue weighted by Gasteiger charge is 2.28. The van der Waals surface area contributed by atoms with Crippen LogP contribution in [0.2, 0.25) is 0 Å². The molecule has 12 heteroatoms. The molecule has 4 rings (SSSR count). The van der Waals surface area contributed by atoms with Gasteiger partial charge in [0.25, 0.3) is 0 Å². The molecule has 0 fully saturated rings. The molecule has 0 saturated carbocycles. The van der Waals surface area contributed by atoms with E-state index < -0.39 is 35.3 Å². The molecule has 0 aliphatic rings. The number of amides is 2. The Kier molecular flexibility index (Phi) is 9.32. The van der Waals surface area contributed by atoms with Gasteiger partial charge in [0.15, 0.2) is 5.82 Å². The van der Waals surface area contributed by atoms with Crippen LogP contribution >= 0.6 is 0 Å². The summed E-state index contributed by atoms with van der Waals surface area (Å²) in [6.07, 6.45) is 0.293. The van der Waals surface area contributed by atoms with Gasteiger partial charge in [0.1, 0.15) is 28.7 Å². The van der Waals surface area contributed by atoms with E-state index >= 15 is 0 Å². The Hall–Kier alpha value is -5.26. The normalized spacial score (nSPS) is 12.6. The molecule has 1 atom stereocenters. The molecule has 230 valence electrons. The predicted molar refractivity (Wildman–Crippen MR) is 168 cm³/mol. The maximum atomic E-state index is 13.6. The van der Waals surface area contributed by atoms with E-state index in [4.69, 9.17) is 15.2 Å². The van der Waals surface area contributed by atoms with Crippen molar-refractivity contribution in [3.8, 4) is 0 Å². The van der Waals surface area contributed by atoms with Crippen molar-refractivity contribution in [2.45, 2.75) is 65.2 Å². The van der Waals surface area contributed by atoms with Crippen LogP contribution in [-0.4, -0.2) is 44.9 Å². The standard InChI is InChI=1S/C32H37N7O5/c1-31(2,3)43-29(41)34-24(18-20-19-39(30(42)44-32(4,5)6)25-15-11-10-14-22(20)25)28(40)36-26-17-16-23(27(33)35-26)38-37-21-12-8-7-9-13-21/h7-17,19,24H,18H2,1-6H3,(H,34,41)(H3,33,35,36,40)/t24-/m1/s1.